The number of carbonyl (C=O) groups is 1. The van der Waals surface area contributed by atoms with E-state index in [2.05, 4.69) is 10.2 Å². The lowest BCUT2D eigenvalue weighted by Crippen LogP contribution is -2.36. The third-order valence-corrected chi connectivity index (χ3v) is 2.73. The van der Waals surface area contributed by atoms with Gasteiger partial charge in [-0.25, -0.2) is 0 Å². The Morgan fingerprint density at radius 3 is 2.93 bits per heavy atom. The van der Waals surface area contributed by atoms with Crippen molar-refractivity contribution in [1.82, 2.24) is 10.2 Å². The standard InChI is InChI=1S/C10H20N2O2/c1-3-11-10(14)7-12-5-4-9(6-12)8(2)13/h8-9,13H,3-7H2,1-2H3,(H,11,14). The molecule has 2 unspecified atom stereocenters. The van der Waals surface area contributed by atoms with Crippen LogP contribution in [0.15, 0.2) is 0 Å². The Balaban J connectivity index is 2.25. The summed E-state index contributed by atoms with van der Waals surface area (Å²) in [5, 5.41) is 12.2. The molecule has 0 aromatic heterocycles. The number of amides is 1. The molecule has 1 aliphatic rings. The Morgan fingerprint density at radius 1 is 1.71 bits per heavy atom. The molecule has 4 nitrogen and oxygen atoms in total. The van der Waals surface area contributed by atoms with Crippen molar-refractivity contribution >= 4 is 5.91 Å². The van der Waals surface area contributed by atoms with Gasteiger partial charge in [-0.05, 0) is 32.7 Å². The van der Waals surface area contributed by atoms with Crippen molar-refractivity contribution in [2.75, 3.05) is 26.2 Å². The van der Waals surface area contributed by atoms with Crippen LogP contribution in [0.4, 0.5) is 0 Å². The van der Waals surface area contributed by atoms with Crippen LogP contribution >= 0.6 is 0 Å². The number of aliphatic hydroxyl groups excluding tert-OH is 1. The average Bonchev–Trinajstić information content (AvgIpc) is 2.53. The van der Waals surface area contributed by atoms with Crippen molar-refractivity contribution in [3.05, 3.63) is 0 Å². The van der Waals surface area contributed by atoms with Gasteiger partial charge in [0.1, 0.15) is 0 Å². The summed E-state index contributed by atoms with van der Waals surface area (Å²) in [5.74, 6) is 0.420. The monoisotopic (exact) mass is 200 g/mol. The predicted octanol–water partition coefficient (Wildman–Crippen LogP) is -0.175. The predicted molar refractivity (Wildman–Crippen MR) is 54.9 cm³/mol. The number of hydrogen-bond donors (Lipinski definition) is 2. The Kier molecular flexibility index (Phi) is 4.35. The number of carbonyl (C=O) groups excluding carboxylic acids is 1. The second-order valence-corrected chi connectivity index (χ2v) is 3.98. The highest BCUT2D eigenvalue weighted by Gasteiger charge is 2.26. The van der Waals surface area contributed by atoms with Gasteiger partial charge < -0.3 is 10.4 Å². The number of hydrogen-bond acceptors (Lipinski definition) is 3. The fourth-order valence-electron chi connectivity index (χ4n) is 1.86. The SMILES string of the molecule is CCNC(=O)CN1CCC(C(C)O)C1. The molecular weight excluding hydrogens is 180 g/mol. The molecule has 0 radical (unpaired) electrons. The van der Waals surface area contributed by atoms with Gasteiger partial charge in [0.2, 0.25) is 5.91 Å². The van der Waals surface area contributed by atoms with Crippen LogP contribution < -0.4 is 5.32 Å². The van der Waals surface area contributed by atoms with Gasteiger partial charge in [-0.1, -0.05) is 0 Å². The molecule has 14 heavy (non-hydrogen) atoms. The lowest BCUT2D eigenvalue weighted by molar-refractivity contribution is -0.121. The zero-order chi connectivity index (χ0) is 10.6. The molecule has 82 valence electrons. The summed E-state index contributed by atoms with van der Waals surface area (Å²) in [6.45, 7) is 6.66. The first kappa shape index (κ1) is 11.5. The van der Waals surface area contributed by atoms with Crippen molar-refractivity contribution in [3.8, 4) is 0 Å². The Morgan fingerprint density at radius 2 is 2.43 bits per heavy atom. The summed E-state index contributed by atoms with van der Waals surface area (Å²) in [4.78, 5) is 13.4. The fourth-order valence-corrected chi connectivity index (χ4v) is 1.86. The van der Waals surface area contributed by atoms with E-state index in [0.717, 1.165) is 19.5 Å². The van der Waals surface area contributed by atoms with E-state index in [-0.39, 0.29) is 12.0 Å². The van der Waals surface area contributed by atoms with Gasteiger partial charge >= 0.3 is 0 Å². The van der Waals surface area contributed by atoms with E-state index in [1.165, 1.54) is 0 Å². The van der Waals surface area contributed by atoms with Crippen LogP contribution in [0.2, 0.25) is 0 Å². The minimum atomic E-state index is -0.255. The van der Waals surface area contributed by atoms with E-state index in [0.29, 0.717) is 19.0 Å². The molecule has 4 heteroatoms. The Bertz CT molecular complexity index is 195. The van der Waals surface area contributed by atoms with E-state index >= 15 is 0 Å². The van der Waals surface area contributed by atoms with Crippen LogP contribution in [0, 0.1) is 5.92 Å². The molecule has 1 saturated heterocycles. The van der Waals surface area contributed by atoms with Gasteiger partial charge in [-0.15, -0.1) is 0 Å². The first-order valence-corrected chi connectivity index (χ1v) is 5.30. The van der Waals surface area contributed by atoms with Crippen molar-refractivity contribution in [1.29, 1.82) is 0 Å². The molecule has 0 spiro atoms. The van der Waals surface area contributed by atoms with Gasteiger partial charge in [0.05, 0.1) is 12.6 Å². The van der Waals surface area contributed by atoms with Crippen LogP contribution in [0.1, 0.15) is 20.3 Å². The second kappa shape index (κ2) is 5.32. The number of nitrogens with one attached hydrogen (secondary N) is 1. The average molecular weight is 200 g/mol. The van der Waals surface area contributed by atoms with E-state index in [9.17, 15) is 9.90 Å². The zero-order valence-electron chi connectivity index (χ0n) is 8.99. The van der Waals surface area contributed by atoms with E-state index in [1.54, 1.807) is 0 Å². The maximum Gasteiger partial charge on any atom is 0.234 e. The molecule has 0 saturated carbocycles. The third kappa shape index (κ3) is 3.27. The molecule has 0 aromatic carbocycles. The number of rotatable bonds is 4. The highest BCUT2D eigenvalue weighted by atomic mass is 16.3. The van der Waals surface area contributed by atoms with E-state index in [1.807, 2.05) is 13.8 Å². The molecule has 0 bridgehead atoms. The lowest BCUT2D eigenvalue weighted by Gasteiger charge is -2.16. The molecule has 2 N–H and O–H groups in total. The molecule has 1 aliphatic heterocycles. The molecule has 0 aromatic rings. The van der Waals surface area contributed by atoms with Crippen LogP contribution in [0.25, 0.3) is 0 Å². The normalized spacial score (nSPS) is 24.9. The smallest absolute Gasteiger partial charge is 0.234 e. The first-order chi connectivity index (χ1) is 6.63. The van der Waals surface area contributed by atoms with Gasteiger partial charge in [0.15, 0.2) is 0 Å². The van der Waals surface area contributed by atoms with Gasteiger partial charge in [-0.2, -0.15) is 0 Å². The number of nitrogens with zero attached hydrogens (tertiary/aromatic N) is 1. The van der Waals surface area contributed by atoms with E-state index in [4.69, 9.17) is 0 Å². The first-order valence-electron chi connectivity index (χ1n) is 5.30. The second-order valence-electron chi connectivity index (χ2n) is 3.98. The summed E-state index contributed by atoms with van der Waals surface area (Å²) in [7, 11) is 0. The lowest BCUT2D eigenvalue weighted by atomic mass is 10.0. The molecule has 0 aliphatic carbocycles. The molecular formula is C10H20N2O2. The van der Waals surface area contributed by atoms with Gasteiger partial charge in [0, 0.05) is 13.1 Å². The molecule has 2 atom stereocenters. The summed E-state index contributed by atoms with van der Waals surface area (Å²) in [6.07, 6.45) is 0.742. The van der Waals surface area contributed by atoms with Crippen molar-refractivity contribution in [2.45, 2.75) is 26.4 Å². The highest BCUT2D eigenvalue weighted by molar-refractivity contribution is 5.77. The number of likely N-dealkylation sites (N-methyl/N-ethyl adjacent to an activating group) is 1. The topological polar surface area (TPSA) is 52.6 Å². The Labute approximate surface area is 85.3 Å². The maximum absolute atomic E-state index is 11.3. The minimum Gasteiger partial charge on any atom is -0.393 e. The fraction of sp³-hybridized carbons (Fsp3) is 0.900. The molecule has 1 rings (SSSR count). The summed E-state index contributed by atoms with van der Waals surface area (Å²) in [6, 6.07) is 0. The minimum absolute atomic E-state index is 0.0822. The van der Waals surface area contributed by atoms with Crippen LogP contribution in [-0.2, 0) is 4.79 Å². The number of likely N-dealkylation sites (tertiary alicyclic amines) is 1. The van der Waals surface area contributed by atoms with Crippen molar-refractivity contribution in [2.24, 2.45) is 5.92 Å². The zero-order valence-corrected chi connectivity index (χ0v) is 8.99. The summed E-state index contributed by atoms with van der Waals surface area (Å²) >= 11 is 0. The van der Waals surface area contributed by atoms with Crippen LogP contribution in [0.3, 0.4) is 0 Å². The van der Waals surface area contributed by atoms with Crippen LogP contribution in [-0.4, -0.2) is 48.2 Å². The van der Waals surface area contributed by atoms with Gasteiger partial charge in [-0.3, -0.25) is 9.69 Å². The number of aliphatic hydroxyl groups is 1. The quantitative estimate of drug-likeness (QED) is 0.662. The third-order valence-electron chi connectivity index (χ3n) is 2.73. The molecule has 1 amide bonds. The molecule has 1 fully saturated rings. The van der Waals surface area contributed by atoms with E-state index < -0.39 is 0 Å². The van der Waals surface area contributed by atoms with Gasteiger partial charge in [0.25, 0.3) is 0 Å². The van der Waals surface area contributed by atoms with Crippen molar-refractivity contribution in [3.63, 3.8) is 0 Å². The summed E-state index contributed by atoms with van der Waals surface area (Å²) in [5.41, 5.74) is 0. The largest absolute Gasteiger partial charge is 0.393 e. The Hall–Kier alpha value is -0.610. The van der Waals surface area contributed by atoms with Crippen LogP contribution in [0.5, 0.6) is 0 Å². The summed E-state index contributed by atoms with van der Waals surface area (Å²) < 4.78 is 0. The maximum atomic E-state index is 11.3. The highest BCUT2D eigenvalue weighted by Crippen LogP contribution is 2.18. The molecule has 1 heterocycles. The van der Waals surface area contributed by atoms with Crippen molar-refractivity contribution < 1.29 is 9.90 Å².